The molecule has 0 bridgehead atoms. The molecule has 0 fully saturated rings. The molecule has 1 aromatic rings. The number of aliphatic hydroxyl groups is 1. The summed E-state index contributed by atoms with van der Waals surface area (Å²) in [6, 6.07) is 5.39. The van der Waals surface area contributed by atoms with Gasteiger partial charge in [0.1, 0.15) is 6.10 Å². The molecule has 2 rings (SSSR count). The molecule has 1 aromatic carbocycles. The topological polar surface area (TPSA) is 57.6 Å². The van der Waals surface area contributed by atoms with E-state index < -0.39 is 11.5 Å². The lowest BCUT2D eigenvalue weighted by atomic mass is 9.85. The van der Waals surface area contributed by atoms with Gasteiger partial charge >= 0.3 is 0 Å². The molecule has 1 heterocycles. The van der Waals surface area contributed by atoms with Crippen molar-refractivity contribution in [2.75, 3.05) is 11.4 Å². The van der Waals surface area contributed by atoms with Crippen LogP contribution in [0, 0.1) is 5.41 Å². The lowest BCUT2D eigenvalue weighted by Gasteiger charge is -2.22. The van der Waals surface area contributed by atoms with Gasteiger partial charge in [-0.25, -0.2) is 0 Å². The van der Waals surface area contributed by atoms with Crippen LogP contribution in [0.15, 0.2) is 18.2 Å². The molecule has 4 nitrogen and oxygen atoms in total. The Labute approximate surface area is 119 Å². The van der Waals surface area contributed by atoms with Crippen molar-refractivity contribution in [2.24, 2.45) is 5.41 Å². The van der Waals surface area contributed by atoms with Crippen molar-refractivity contribution in [2.45, 2.75) is 40.2 Å². The average molecular weight is 275 g/mol. The standard InChI is InChI=1S/C16H21NO3/c1-10(18)17-8-7-11-9-12(5-6-13(11)17)14(19)15(20)16(2,3)4/h5-6,9,14,19H,7-8H2,1-4H3. The maximum Gasteiger partial charge on any atom is 0.223 e. The van der Waals surface area contributed by atoms with Crippen LogP contribution in [-0.4, -0.2) is 23.3 Å². The molecule has 1 unspecified atom stereocenters. The van der Waals surface area contributed by atoms with E-state index in [1.807, 2.05) is 12.1 Å². The van der Waals surface area contributed by atoms with Crippen LogP contribution in [0.2, 0.25) is 0 Å². The summed E-state index contributed by atoms with van der Waals surface area (Å²) in [4.78, 5) is 25.3. The van der Waals surface area contributed by atoms with Crippen molar-refractivity contribution in [1.82, 2.24) is 0 Å². The minimum atomic E-state index is -1.10. The Bertz CT molecular complexity index is 557. The van der Waals surface area contributed by atoms with E-state index in [1.54, 1.807) is 38.7 Å². The average Bonchev–Trinajstić information content (AvgIpc) is 2.78. The largest absolute Gasteiger partial charge is 0.381 e. The molecule has 0 radical (unpaired) electrons. The molecular weight excluding hydrogens is 254 g/mol. The van der Waals surface area contributed by atoms with Crippen LogP contribution in [-0.2, 0) is 16.0 Å². The zero-order chi connectivity index (χ0) is 15.1. The molecule has 0 aromatic heterocycles. The molecular formula is C16H21NO3. The van der Waals surface area contributed by atoms with E-state index in [2.05, 4.69) is 0 Å². The second-order valence-corrected chi connectivity index (χ2v) is 6.33. The van der Waals surface area contributed by atoms with E-state index in [0.717, 1.165) is 17.7 Å². The first kappa shape index (κ1) is 14.7. The summed E-state index contributed by atoms with van der Waals surface area (Å²) in [6.07, 6.45) is -0.342. The van der Waals surface area contributed by atoms with Gasteiger partial charge in [0.2, 0.25) is 5.91 Å². The van der Waals surface area contributed by atoms with Gasteiger partial charge in [-0.1, -0.05) is 32.9 Å². The quantitative estimate of drug-likeness (QED) is 0.900. The second-order valence-electron chi connectivity index (χ2n) is 6.33. The van der Waals surface area contributed by atoms with Gasteiger partial charge in [-0.05, 0) is 23.6 Å². The van der Waals surface area contributed by atoms with Gasteiger partial charge in [0, 0.05) is 24.6 Å². The number of hydrogen-bond donors (Lipinski definition) is 1. The molecule has 1 amide bonds. The van der Waals surface area contributed by atoms with Crippen LogP contribution in [0.4, 0.5) is 5.69 Å². The van der Waals surface area contributed by atoms with E-state index >= 15 is 0 Å². The summed E-state index contributed by atoms with van der Waals surface area (Å²) >= 11 is 0. The van der Waals surface area contributed by atoms with E-state index in [-0.39, 0.29) is 11.7 Å². The molecule has 20 heavy (non-hydrogen) atoms. The summed E-state index contributed by atoms with van der Waals surface area (Å²) in [5.74, 6) is -0.179. The second kappa shape index (κ2) is 5.02. The molecule has 108 valence electrons. The highest BCUT2D eigenvalue weighted by molar-refractivity contribution is 5.94. The Morgan fingerprint density at radius 3 is 2.50 bits per heavy atom. The van der Waals surface area contributed by atoms with Gasteiger partial charge in [-0.15, -0.1) is 0 Å². The third kappa shape index (κ3) is 2.61. The lowest BCUT2D eigenvalue weighted by Crippen LogP contribution is -2.27. The number of rotatable bonds is 2. The number of aliphatic hydroxyl groups excluding tert-OH is 1. The zero-order valence-corrected chi connectivity index (χ0v) is 12.4. The number of carbonyl (C=O) groups excluding carboxylic acids is 2. The minimum Gasteiger partial charge on any atom is -0.381 e. The summed E-state index contributed by atoms with van der Waals surface area (Å²) in [5, 5.41) is 10.2. The molecule has 1 atom stereocenters. The SMILES string of the molecule is CC(=O)N1CCc2cc(C(O)C(=O)C(C)(C)C)ccc21. The number of nitrogens with zero attached hydrogens (tertiary/aromatic N) is 1. The van der Waals surface area contributed by atoms with Crippen molar-refractivity contribution in [1.29, 1.82) is 0 Å². The van der Waals surface area contributed by atoms with Crippen molar-refractivity contribution < 1.29 is 14.7 Å². The van der Waals surface area contributed by atoms with Gasteiger partial charge < -0.3 is 10.0 Å². The Morgan fingerprint density at radius 2 is 1.95 bits per heavy atom. The molecule has 0 spiro atoms. The fourth-order valence-corrected chi connectivity index (χ4v) is 2.48. The van der Waals surface area contributed by atoms with Crippen LogP contribution in [0.5, 0.6) is 0 Å². The van der Waals surface area contributed by atoms with Crippen LogP contribution >= 0.6 is 0 Å². The minimum absolute atomic E-state index is 0.0165. The highest BCUT2D eigenvalue weighted by Crippen LogP contribution is 2.32. The Balaban J connectivity index is 2.30. The van der Waals surface area contributed by atoms with Crippen molar-refractivity contribution in [3.63, 3.8) is 0 Å². The van der Waals surface area contributed by atoms with Crippen LogP contribution < -0.4 is 4.90 Å². The number of anilines is 1. The number of Topliss-reactive ketones (excluding diaryl/α,β-unsaturated/α-hetero) is 1. The van der Waals surface area contributed by atoms with Crippen LogP contribution in [0.3, 0.4) is 0 Å². The zero-order valence-electron chi connectivity index (χ0n) is 12.4. The smallest absolute Gasteiger partial charge is 0.223 e. The Kier molecular flexibility index (Phi) is 3.69. The summed E-state index contributed by atoms with van der Waals surface area (Å²) in [7, 11) is 0. The maximum atomic E-state index is 12.1. The number of carbonyl (C=O) groups is 2. The van der Waals surface area contributed by atoms with Gasteiger partial charge in [0.15, 0.2) is 5.78 Å². The van der Waals surface area contributed by atoms with Gasteiger partial charge in [0.25, 0.3) is 0 Å². The maximum absolute atomic E-state index is 12.1. The van der Waals surface area contributed by atoms with Crippen LogP contribution in [0.1, 0.15) is 44.9 Å². The first-order valence-electron chi connectivity index (χ1n) is 6.85. The van der Waals surface area contributed by atoms with Gasteiger partial charge in [0.05, 0.1) is 0 Å². The molecule has 1 aliphatic rings. The predicted octanol–water partition coefficient (Wildman–Crippen LogP) is 2.24. The number of ketones is 1. The summed E-state index contributed by atoms with van der Waals surface area (Å²) in [5.41, 5.74) is 1.92. The lowest BCUT2D eigenvalue weighted by molar-refractivity contribution is -0.135. The molecule has 0 saturated carbocycles. The van der Waals surface area contributed by atoms with Crippen molar-refractivity contribution in [3.8, 4) is 0 Å². The van der Waals surface area contributed by atoms with E-state index in [4.69, 9.17) is 0 Å². The number of fused-ring (bicyclic) bond motifs is 1. The third-order valence-corrected chi connectivity index (χ3v) is 3.68. The highest BCUT2D eigenvalue weighted by atomic mass is 16.3. The fraction of sp³-hybridized carbons (Fsp3) is 0.500. The van der Waals surface area contributed by atoms with Gasteiger partial charge in [-0.3, -0.25) is 9.59 Å². The molecule has 4 heteroatoms. The number of amides is 1. The molecule has 1 N–H and O–H groups in total. The van der Waals surface area contributed by atoms with Gasteiger partial charge in [-0.2, -0.15) is 0 Å². The normalized spacial score (nSPS) is 15.9. The van der Waals surface area contributed by atoms with Crippen molar-refractivity contribution in [3.05, 3.63) is 29.3 Å². The summed E-state index contributed by atoms with van der Waals surface area (Å²) < 4.78 is 0. The number of hydrogen-bond acceptors (Lipinski definition) is 3. The third-order valence-electron chi connectivity index (χ3n) is 3.68. The number of benzene rings is 1. The predicted molar refractivity (Wildman–Crippen MR) is 77.6 cm³/mol. The fourth-order valence-electron chi connectivity index (χ4n) is 2.48. The Morgan fingerprint density at radius 1 is 1.30 bits per heavy atom. The molecule has 1 aliphatic heterocycles. The van der Waals surface area contributed by atoms with E-state index in [1.165, 1.54) is 0 Å². The first-order chi connectivity index (χ1) is 9.21. The van der Waals surface area contributed by atoms with E-state index in [9.17, 15) is 14.7 Å². The first-order valence-corrected chi connectivity index (χ1v) is 6.85. The van der Waals surface area contributed by atoms with Crippen molar-refractivity contribution >= 4 is 17.4 Å². The monoisotopic (exact) mass is 275 g/mol. The van der Waals surface area contributed by atoms with Crippen LogP contribution in [0.25, 0.3) is 0 Å². The Hall–Kier alpha value is -1.68. The van der Waals surface area contributed by atoms with E-state index in [0.29, 0.717) is 12.1 Å². The highest BCUT2D eigenvalue weighted by Gasteiger charge is 2.30. The molecule has 0 aliphatic carbocycles. The molecule has 0 saturated heterocycles. The summed E-state index contributed by atoms with van der Waals surface area (Å²) in [6.45, 7) is 7.59.